The zero-order valence-corrected chi connectivity index (χ0v) is 13.2. The molecular formula is C13H14Br2O3. The van der Waals surface area contributed by atoms with Gasteiger partial charge in [-0.25, -0.2) is 4.79 Å². The van der Waals surface area contributed by atoms with Gasteiger partial charge in [0.25, 0.3) is 0 Å². The van der Waals surface area contributed by atoms with Gasteiger partial charge in [0.05, 0.1) is 12.2 Å². The Labute approximate surface area is 123 Å². The quantitative estimate of drug-likeness (QED) is 0.431. The molecule has 0 aliphatic heterocycles. The van der Waals surface area contributed by atoms with Gasteiger partial charge in [-0.3, -0.25) is 4.79 Å². The van der Waals surface area contributed by atoms with E-state index in [0.29, 0.717) is 34.8 Å². The van der Waals surface area contributed by atoms with Gasteiger partial charge in [-0.2, -0.15) is 0 Å². The van der Waals surface area contributed by atoms with E-state index >= 15 is 0 Å². The van der Waals surface area contributed by atoms with Gasteiger partial charge >= 0.3 is 5.97 Å². The number of carbonyl (C=O) groups is 2. The Morgan fingerprint density at radius 2 is 2.00 bits per heavy atom. The van der Waals surface area contributed by atoms with Crippen molar-refractivity contribution in [3.8, 4) is 0 Å². The van der Waals surface area contributed by atoms with E-state index < -0.39 is 0 Å². The predicted molar refractivity (Wildman–Crippen MR) is 77.8 cm³/mol. The average molecular weight is 378 g/mol. The summed E-state index contributed by atoms with van der Waals surface area (Å²) in [5.74, 6) is -0.295. The second kappa shape index (κ2) is 7.69. The molecule has 1 rings (SSSR count). The Morgan fingerprint density at radius 1 is 1.28 bits per heavy atom. The normalized spacial score (nSPS) is 10.2. The molecule has 0 saturated heterocycles. The van der Waals surface area contributed by atoms with Crippen LogP contribution in [-0.4, -0.2) is 23.7 Å². The maximum Gasteiger partial charge on any atom is 0.338 e. The van der Waals surface area contributed by atoms with Crippen LogP contribution in [0.15, 0.2) is 18.2 Å². The number of halogens is 2. The van der Waals surface area contributed by atoms with Crippen LogP contribution >= 0.6 is 31.9 Å². The van der Waals surface area contributed by atoms with Crippen molar-refractivity contribution in [1.82, 2.24) is 0 Å². The van der Waals surface area contributed by atoms with Crippen molar-refractivity contribution in [3.05, 3.63) is 34.9 Å². The molecule has 0 bridgehead atoms. The van der Waals surface area contributed by atoms with Crippen molar-refractivity contribution in [1.29, 1.82) is 0 Å². The molecule has 0 N–H and O–H groups in total. The number of esters is 1. The molecule has 0 heterocycles. The number of hydrogen-bond donors (Lipinski definition) is 0. The smallest absolute Gasteiger partial charge is 0.338 e. The molecular weight excluding hydrogens is 364 g/mol. The van der Waals surface area contributed by atoms with Crippen molar-refractivity contribution >= 4 is 43.6 Å². The number of benzene rings is 1. The number of alkyl halides is 2. The summed E-state index contributed by atoms with van der Waals surface area (Å²) in [6.45, 7) is 2.10. The van der Waals surface area contributed by atoms with Crippen LogP contribution in [-0.2, 0) is 10.1 Å². The van der Waals surface area contributed by atoms with E-state index in [4.69, 9.17) is 4.74 Å². The SMILES string of the molecule is CCOC(=O)c1ccc(C(=O)CCBr)c(CBr)c1. The largest absolute Gasteiger partial charge is 0.462 e. The topological polar surface area (TPSA) is 43.4 Å². The summed E-state index contributed by atoms with van der Waals surface area (Å²) in [4.78, 5) is 23.5. The van der Waals surface area contributed by atoms with Crippen LogP contribution < -0.4 is 0 Å². The summed E-state index contributed by atoms with van der Waals surface area (Å²) in [6.07, 6.45) is 0.443. The third-order valence-electron chi connectivity index (χ3n) is 2.38. The highest BCUT2D eigenvalue weighted by atomic mass is 79.9. The molecule has 0 atom stereocenters. The molecule has 0 aromatic heterocycles. The van der Waals surface area contributed by atoms with Crippen LogP contribution in [0, 0.1) is 0 Å². The molecule has 3 nitrogen and oxygen atoms in total. The van der Waals surface area contributed by atoms with E-state index in [1.54, 1.807) is 25.1 Å². The number of ketones is 1. The number of ether oxygens (including phenoxy) is 1. The third kappa shape index (κ3) is 3.92. The Morgan fingerprint density at radius 3 is 2.56 bits per heavy atom. The summed E-state index contributed by atoms with van der Waals surface area (Å²) in [6, 6.07) is 5.02. The minimum Gasteiger partial charge on any atom is -0.462 e. The van der Waals surface area contributed by atoms with Gasteiger partial charge in [0.2, 0.25) is 0 Å². The Kier molecular flexibility index (Phi) is 6.57. The molecule has 98 valence electrons. The molecule has 0 fully saturated rings. The van der Waals surface area contributed by atoms with Crippen molar-refractivity contribution in [2.24, 2.45) is 0 Å². The lowest BCUT2D eigenvalue weighted by Crippen LogP contribution is -2.08. The number of rotatable bonds is 6. The standard InChI is InChI=1S/C13H14Br2O3/c1-2-18-13(17)9-3-4-11(10(7-9)8-15)12(16)5-6-14/h3-4,7H,2,5-6,8H2,1H3. The van der Waals surface area contributed by atoms with Crippen LogP contribution in [0.1, 0.15) is 39.6 Å². The number of Topliss-reactive ketones (excluding diaryl/α,β-unsaturated/α-hetero) is 1. The molecule has 1 aromatic rings. The Balaban J connectivity index is 3.03. The first kappa shape index (κ1) is 15.4. The summed E-state index contributed by atoms with van der Waals surface area (Å²) < 4.78 is 4.93. The van der Waals surface area contributed by atoms with Crippen LogP contribution in [0.3, 0.4) is 0 Å². The lowest BCUT2D eigenvalue weighted by molar-refractivity contribution is 0.0526. The van der Waals surface area contributed by atoms with Gasteiger partial charge in [-0.15, -0.1) is 0 Å². The van der Waals surface area contributed by atoms with Crippen LogP contribution in [0.25, 0.3) is 0 Å². The van der Waals surface area contributed by atoms with Gasteiger partial charge in [-0.1, -0.05) is 37.9 Å². The Bertz CT molecular complexity index is 444. The van der Waals surface area contributed by atoms with Gasteiger partial charge in [0, 0.05) is 22.6 Å². The zero-order chi connectivity index (χ0) is 13.5. The highest BCUT2D eigenvalue weighted by molar-refractivity contribution is 9.09. The van der Waals surface area contributed by atoms with E-state index in [1.807, 2.05) is 0 Å². The minimum atomic E-state index is -0.362. The maximum absolute atomic E-state index is 11.9. The molecule has 18 heavy (non-hydrogen) atoms. The van der Waals surface area contributed by atoms with E-state index in [0.717, 1.165) is 5.56 Å². The second-order valence-electron chi connectivity index (χ2n) is 3.59. The monoisotopic (exact) mass is 376 g/mol. The van der Waals surface area contributed by atoms with Gasteiger partial charge < -0.3 is 4.74 Å². The highest BCUT2D eigenvalue weighted by Crippen LogP contribution is 2.18. The van der Waals surface area contributed by atoms with E-state index in [1.165, 1.54) is 0 Å². The van der Waals surface area contributed by atoms with E-state index in [9.17, 15) is 9.59 Å². The number of hydrogen-bond acceptors (Lipinski definition) is 3. The molecule has 1 aromatic carbocycles. The van der Waals surface area contributed by atoms with Gasteiger partial charge in [-0.05, 0) is 24.6 Å². The first-order chi connectivity index (χ1) is 8.63. The minimum absolute atomic E-state index is 0.0664. The molecule has 0 aliphatic rings. The van der Waals surface area contributed by atoms with E-state index in [-0.39, 0.29) is 11.8 Å². The van der Waals surface area contributed by atoms with Crippen LogP contribution in [0.4, 0.5) is 0 Å². The predicted octanol–water partition coefficient (Wildman–Crippen LogP) is 3.73. The number of carbonyl (C=O) groups excluding carboxylic acids is 2. The lowest BCUT2D eigenvalue weighted by atomic mass is 10.0. The zero-order valence-electron chi connectivity index (χ0n) is 10.0. The summed E-state index contributed by atoms with van der Waals surface area (Å²) in [5.41, 5.74) is 1.94. The lowest BCUT2D eigenvalue weighted by Gasteiger charge is -2.08. The molecule has 5 heteroatoms. The summed E-state index contributed by atoms with van der Waals surface area (Å²) >= 11 is 6.58. The highest BCUT2D eigenvalue weighted by Gasteiger charge is 2.14. The van der Waals surface area contributed by atoms with Crippen molar-refractivity contribution in [2.75, 3.05) is 11.9 Å². The fourth-order valence-corrected chi connectivity index (χ4v) is 2.36. The van der Waals surface area contributed by atoms with Crippen LogP contribution in [0.5, 0.6) is 0 Å². The van der Waals surface area contributed by atoms with Crippen molar-refractivity contribution in [2.45, 2.75) is 18.7 Å². The average Bonchev–Trinajstić information content (AvgIpc) is 2.38. The summed E-state index contributed by atoms with van der Waals surface area (Å²) in [7, 11) is 0. The Hall–Kier alpha value is -0.680. The fourth-order valence-electron chi connectivity index (χ4n) is 1.54. The molecule has 0 aliphatic carbocycles. The molecule has 0 radical (unpaired) electrons. The molecule has 0 saturated carbocycles. The third-order valence-corrected chi connectivity index (χ3v) is 3.38. The molecule has 0 unspecified atom stereocenters. The first-order valence-electron chi connectivity index (χ1n) is 5.59. The maximum atomic E-state index is 11.9. The van der Waals surface area contributed by atoms with Crippen molar-refractivity contribution in [3.63, 3.8) is 0 Å². The summed E-state index contributed by atoms with van der Waals surface area (Å²) in [5, 5.41) is 1.16. The second-order valence-corrected chi connectivity index (χ2v) is 4.94. The van der Waals surface area contributed by atoms with Crippen molar-refractivity contribution < 1.29 is 14.3 Å². The van der Waals surface area contributed by atoms with Crippen LogP contribution in [0.2, 0.25) is 0 Å². The molecule has 0 amide bonds. The van der Waals surface area contributed by atoms with Gasteiger partial charge in [0.15, 0.2) is 5.78 Å². The first-order valence-corrected chi connectivity index (χ1v) is 7.83. The fraction of sp³-hybridized carbons (Fsp3) is 0.385. The van der Waals surface area contributed by atoms with Gasteiger partial charge in [0.1, 0.15) is 0 Å². The van der Waals surface area contributed by atoms with E-state index in [2.05, 4.69) is 31.9 Å². The molecule has 0 spiro atoms.